The lowest BCUT2D eigenvalue weighted by molar-refractivity contribution is -0.116. The second-order valence-corrected chi connectivity index (χ2v) is 3.52. The zero-order chi connectivity index (χ0) is 12.1. The monoisotopic (exact) mass is 228 g/mol. The summed E-state index contributed by atoms with van der Waals surface area (Å²) in [5, 5.41) is 0. The summed E-state index contributed by atoms with van der Waals surface area (Å²) in [6.07, 6.45) is 0.712. The van der Waals surface area contributed by atoms with Gasteiger partial charge in [-0.3, -0.25) is 4.79 Å². The molecule has 88 valence electrons. The van der Waals surface area contributed by atoms with Crippen LogP contribution in [0.4, 0.5) is 8.78 Å². The molecule has 16 heavy (non-hydrogen) atoms. The summed E-state index contributed by atoms with van der Waals surface area (Å²) in [6, 6.07) is 5.11. The predicted octanol–water partition coefficient (Wildman–Crippen LogP) is 2.98. The molecule has 0 bridgehead atoms. The van der Waals surface area contributed by atoms with Gasteiger partial charge in [0.05, 0.1) is 0 Å². The molecule has 2 nitrogen and oxygen atoms in total. The Morgan fingerprint density at radius 1 is 1.38 bits per heavy atom. The highest BCUT2D eigenvalue weighted by molar-refractivity contribution is 5.79. The van der Waals surface area contributed by atoms with Crippen LogP contribution in [-0.2, 0) is 17.6 Å². The average Bonchev–Trinajstić information content (AvgIpc) is 2.19. The topological polar surface area (TPSA) is 26.3 Å². The maximum Gasteiger partial charge on any atom is 0.387 e. The molecule has 0 aliphatic rings. The van der Waals surface area contributed by atoms with Crippen LogP contribution in [0.2, 0.25) is 0 Å². The molecule has 0 aliphatic carbocycles. The van der Waals surface area contributed by atoms with Crippen LogP contribution in [0.15, 0.2) is 18.2 Å². The van der Waals surface area contributed by atoms with Crippen LogP contribution < -0.4 is 4.74 Å². The number of ether oxygens (including phenoxy) is 1. The Hall–Kier alpha value is -1.45. The standard InChI is InChI=1S/C12H14F2O2/c1-3-9-5-4-6-10(7-8(2)15)11(9)16-12(13)14/h4-6,12H,3,7H2,1-2H3. The SMILES string of the molecule is CCc1cccc(CC(C)=O)c1OC(F)F. The second kappa shape index (κ2) is 5.58. The minimum absolute atomic E-state index is 0.0765. The summed E-state index contributed by atoms with van der Waals surface area (Å²) in [5.41, 5.74) is 1.21. The fourth-order valence-corrected chi connectivity index (χ4v) is 1.56. The van der Waals surface area contributed by atoms with Gasteiger partial charge in [0.25, 0.3) is 0 Å². The van der Waals surface area contributed by atoms with Crippen LogP contribution in [0.3, 0.4) is 0 Å². The maximum atomic E-state index is 12.2. The lowest BCUT2D eigenvalue weighted by Crippen LogP contribution is -2.08. The molecule has 1 rings (SSSR count). The molecule has 0 atom stereocenters. The van der Waals surface area contributed by atoms with Gasteiger partial charge >= 0.3 is 6.61 Å². The van der Waals surface area contributed by atoms with Crippen molar-refractivity contribution in [3.05, 3.63) is 29.3 Å². The summed E-state index contributed by atoms with van der Waals surface area (Å²) in [6.45, 7) is 0.411. The second-order valence-electron chi connectivity index (χ2n) is 3.52. The largest absolute Gasteiger partial charge is 0.434 e. The van der Waals surface area contributed by atoms with Crippen molar-refractivity contribution in [2.24, 2.45) is 0 Å². The van der Waals surface area contributed by atoms with Crippen LogP contribution in [0.5, 0.6) is 5.75 Å². The van der Waals surface area contributed by atoms with Crippen molar-refractivity contribution < 1.29 is 18.3 Å². The number of alkyl halides is 2. The van der Waals surface area contributed by atoms with Crippen molar-refractivity contribution in [3.8, 4) is 5.75 Å². The molecule has 0 aliphatic heterocycles. The fourth-order valence-electron chi connectivity index (χ4n) is 1.56. The lowest BCUT2D eigenvalue weighted by atomic mass is 10.0. The van der Waals surface area contributed by atoms with E-state index < -0.39 is 6.61 Å². The first-order chi connectivity index (χ1) is 7.54. The smallest absolute Gasteiger partial charge is 0.387 e. The van der Waals surface area contributed by atoms with Gasteiger partial charge in [-0.2, -0.15) is 8.78 Å². The molecule has 0 saturated heterocycles. The highest BCUT2D eigenvalue weighted by atomic mass is 19.3. The molecule has 1 aromatic rings. The van der Waals surface area contributed by atoms with E-state index in [9.17, 15) is 13.6 Å². The van der Waals surface area contributed by atoms with E-state index in [1.54, 1.807) is 18.2 Å². The van der Waals surface area contributed by atoms with Crippen LogP contribution in [0, 0.1) is 0 Å². The van der Waals surface area contributed by atoms with E-state index in [0.717, 1.165) is 0 Å². The Kier molecular flexibility index (Phi) is 4.40. The van der Waals surface area contributed by atoms with Gasteiger partial charge in [0.15, 0.2) is 0 Å². The third-order valence-electron chi connectivity index (χ3n) is 2.21. The molecule has 0 radical (unpaired) electrons. The normalized spacial score (nSPS) is 10.6. The zero-order valence-corrected chi connectivity index (χ0v) is 9.30. The van der Waals surface area contributed by atoms with Gasteiger partial charge in [-0.15, -0.1) is 0 Å². The molecular weight excluding hydrogens is 214 g/mol. The summed E-state index contributed by atoms with van der Waals surface area (Å²) >= 11 is 0. The van der Waals surface area contributed by atoms with Gasteiger partial charge in [-0.25, -0.2) is 0 Å². The third kappa shape index (κ3) is 3.29. The molecular formula is C12H14F2O2. The fraction of sp³-hybridized carbons (Fsp3) is 0.417. The van der Waals surface area contributed by atoms with Gasteiger partial charge in [-0.05, 0) is 18.9 Å². The van der Waals surface area contributed by atoms with Crippen molar-refractivity contribution in [1.82, 2.24) is 0 Å². The highest BCUT2D eigenvalue weighted by Crippen LogP contribution is 2.27. The lowest BCUT2D eigenvalue weighted by Gasteiger charge is -2.13. The van der Waals surface area contributed by atoms with E-state index in [-0.39, 0.29) is 18.0 Å². The molecule has 0 amide bonds. The summed E-state index contributed by atoms with van der Waals surface area (Å²) < 4.78 is 29.0. The number of Topliss-reactive ketones (excluding diaryl/α,β-unsaturated/α-hetero) is 1. The molecule has 0 heterocycles. The number of para-hydroxylation sites is 1. The highest BCUT2D eigenvalue weighted by Gasteiger charge is 2.14. The van der Waals surface area contributed by atoms with E-state index in [4.69, 9.17) is 0 Å². The number of rotatable bonds is 5. The van der Waals surface area contributed by atoms with Gasteiger partial charge in [0, 0.05) is 12.0 Å². The van der Waals surface area contributed by atoms with Crippen molar-refractivity contribution in [3.63, 3.8) is 0 Å². The van der Waals surface area contributed by atoms with E-state index in [1.165, 1.54) is 6.92 Å². The minimum Gasteiger partial charge on any atom is -0.434 e. The van der Waals surface area contributed by atoms with Gasteiger partial charge < -0.3 is 4.74 Å². The van der Waals surface area contributed by atoms with Crippen molar-refractivity contribution in [2.45, 2.75) is 33.3 Å². The number of hydrogen-bond donors (Lipinski definition) is 0. The van der Waals surface area contributed by atoms with Crippen LogP contribution >= 0.6 is 0 Å². The average molecular weight is 228 g/mol. The molecule has 0 fully saturated rings. The summed E-state index contributed by atoms with van der Waals surface area (Å²) in [5.74, 6) is 0.0718. The van der Waals surface area contributed by atoms with Crippen LogP contribution in [-0.4, -0.2) is 12.4 Å². The molecule has 0 saturated carbocycles. The number of carbonyl (C=O) groups is 1. The number of benzene rings is 1. The molecule has 0 spiro atoms. The van der Waals surface area contributed by atoms with Crippen molar-refractivity contribution in [2.75, 3.05) is 0 Å². The number of aryl methyl sites for hydroxylation is 1. The number of ketones is 1. The first-order valence-electron chi connectivity index (χ1n) is 5.09. The first-order valence-corrected chi connectivity index (χ1v) is 5.09. The van der Waals surface area contributed by atoms with Crippen LogP contribution in [0.1, 0.15) is 25.0 Å². The van der Waals surface area contributed by atoms with Gasteiger partial charge in [0.2, 0.25) is 0 Å². The zero-order valence-electron chi connectivity index (χ0n) is 9.30. The van der Waals surface area contributed by atoms with Crippen molar-refractivity contribution >= 4 is 5.78 Å². The summed E-state index contributed by atoms with van der Waals surface area (Å²) in [4.78, 5) is 11.0. The Morgan fingerprint density at radius 2 is 2.00 bits per heavy atom. The maximum absolute atomic E-state index is 12.2. The third-order valence-corrected chi connectivity index (χ3v) is 2.21. The molecule has 0 unspecified atom stereocenters. The van der Waals surface area contributed by atoms with E-state index in [2.05, 4.69) is 4.74 Å². The Labute approximate surface area is 93.2 Å². The van der Waals surface area contributed by atoms with Crippen molar-refractivity contribution in [1.29, 1.82) is 0 Å². The number of carbonyl (C=O) groups excluding carboxylic acids is 1. The number of halogens is 2. The molecule has 0 N–H and O–H groups in total. The van der Waals surface area contributed by atoms with E-state index >= 15 is 0 Å². The Morgan fingerprint density at radius 3 is 2.50 bits per heavy atom. The predicted molar refractivity (Wildman–Crippen MR) is 56.8 cm³/mol. The van der Waals surface area contributed by atoms with E-state index in [0.29, 0.717) is 17.5 Å². The molecule has 0 aromatic heterocycles. The van der Waals surface area contributed by atoms with Gasteiger partial charge in [-0.1, -0.05) is 25.1 Å². The number of hydrogen-bond acceptors (Lipinski definition) is 2. The molecule has 4 heteroatoms. The van der Waals surface area contributed by atoms with E-state index in [1.807, 2.05) is 6.92 Å². The Balaban J connectivity index is 3.09. The summed E-state index contributed by atoms with van der Waals surface area (Å²) in [7, 11) is 0. The van der Waals surface area contributed by atoms with Crippen LogP contribution in [0.25, 0.3) is 0 Å². The first kappa shape index (κ1) is 12.6. The Bertz CT molecular complexity index is 375. The minimum atomic E-state index is -2.86. The van der Waals surface area contributed by atoms with Gasteiger partial charge in [0.1, 0.15) is 11.5 Å². The quantitative estimate of drug-likeness (QED) is 0.774. The molecule has 1 aromatic carbocycles.